The van der Waals surface area contributed by atoms with E-state index in [2.05, 4.69) is 9.97 Å². The van der Waals surface area contributed by atoms with Gasteiger partial charge in [-0.3, -0.25) is 4.79 Å². The Morgan fingerprint density at radius 2 is 2.19 bits per heavy atom. The first-order valence-electron chi connectivity index (χ1n) is 9.00. The second-order valence-corrected chi connectivity index (χ2v) is 7.18. The molecule has 2 aromatic rings. The van der Waals surface area contributed by atoms with Gasteiger partial charge in [0.25, 0.3) is 5.91 Å². The maximum atomic E-state index is 12.5. The lowest BCUT2D eigenvalue weighted by molar-refractivity contribution is 0.0409. The molecule has 2 aliphatic heterocycles. The molecule has 7 heteroatoms. The predicted molar refractivity (Wildman–Crippen MR) is 92.9 cm³/mol. The van der Waals surface area contributed by atoms with Crippen molar-refractivity contribution in [2.24, 2.45) is 5.41 Å². The Hall–Kier alpha value is -2.41. The third-order valence-electron chi connectivity index (χ3n) is 5.39. The Morgan fingerprint density at radius 3 is 2.88 bits per heavy atom. The van der Waals surface area contributed by atoms with Gasteiger partial charge in [0.05, 0.1) is 18.4 Å². The molecule has 138 valence electrons. The van der Waals surface area contributed by atoms with Crippen molar-refractivity contribution in [3.63, 3.8) is 0 Å². The van der Waals surface area contributed by atoms with Crippen molar-refractivity contribution in [2.45, 2.75) is 32.3 Å². The fraction of sp³-hybridized carbons (Fsp3) is 0.526. The van der Waals surface area contributed by atoms with E-state index in [1.165, 1.54) is 6.39 Å². The summed E-state index contributed by atoms with van der Waals surface area (Å²) in [6, 6.07) is 5.62. The Bertz CT molecular complexity index is 753. The maximum absolute atomic E-state index is 12.5. The highest BCUT2D eigenvalue weighted by Gasteiger charge is 2.43. The van der Waals surface area contributed by atoms with E-state index >= 15 is 0 Å². The van der Waals surface area contributed by atoms with Gasteiger partial charge < -0.3 is 18.8 Å². The van der Waals surface area contributed by atoms with Crippen molar-refractivity contribution < 1.29 is 18.7 Å². The van der Waals surface area contributed by atoms with Gasteiger partial charge in [-0.15, -0.1) is 0 Å². The molecule has 4 rings (SSSR count). The normalized spacial score (nSPS) is 21.9. The Morgan fingerprint density at radius 1 is 1.35 bits per heavy atom. The van der Waals surface area contributed by atoms with E-state index < -0.39 is 0 Å². The Balaban J connectivity index is 1.29. The third kappa shape index (κ3) is 3.44. The van der Waals surface area contributed by atoms with Gasteiger partial charge in [0, 0.05) is 25.4 Å². The molecule has 2 aliphatic rings. The summed E-state index contributed by atoms with van der Waals surface area (Å²) in [7, 11) is 0. The summed E-state index contributed by atoms with van der Waals surface area (Å²) < 4.78 is 16.9. The monoisotopic (exact) mass is 357 g/mol. The fourth-order valence-electron chi connectivity index (χ4n) is 3.80. The number of rotatable bonds is 4. The summed E-state index contributed by atoms with van der Waals surface area (Å²) in [5.74, 6) is 0.911. The van der Waals surface area contributed by atoms with Crippen LogP contribution < -0.4 is 4.74 Å². The number of carbonyl (C=O) groups excluding carboxylic acids is 1. The standard InChI is InChI=1S/C19H23N3O4/c1-14-17(26-13-21-14)18(23)22-8-5-19(6-9-22)10-15(25-12-19)11-24-16-4-2-3-7-20-16/h2-4,7,13,15H,5-6,8-12H2,1H3/t15-/m1/s1. The largest absolute Gasteiger partial charge is 0.475 e. The second-order valence-electron chi connectivity index (χ2n) is 7.18. The molecule has 0 aromatic carbocycles. The Labute approximate surface area is 152 Å². The number of amides is 1. The molecule has 1 spiro atoms. The molecule has 26 heavy (non-hydrogen) atoms. The van der Waals surface area contributed by atoms with Gasteiger partial charge in [0.15, 0.2) is 6.39 Å². The van der Waals surface area contributed by atoms with Gasteiger partial charge >= 0.3 is 0 Å². The molecule has 0 N–H and O–H groups in total. The lowest BCUT2D eigenvalue weighted by atomic mass is 9.76. The zero-order valence-corrected chi connectivity index (χ0v) is 14.9. The molecule has 0 radical (unpaired) electrons. The molecule has 1 amide bonds. The third-order valence-corrected chi connectivity index (χ3v) is 5.39. The summed E-state index contributed by atoms with van der Waals surface area (Å²) in [4.78, 5) is 22.6. The molecule has 4 heterocycles. The highest BCUT2D eigenvalue weighted by Crippen LogP contribution is 2.42. The van der Waals surface area contributed by atoms with Crippen LogP contribution in [0.15, 0.2) is 35.2 Å². The molecule has 0 aliphatic carbocycles. The lowest BCUT2D eigenvalue weighted by Gasteiger charge is -2.38. The summed E-state index contributed by atoms with van der Waals surface area (Å²) >= 11 is 0. The molecule has 7 nitrogen and oxygen atoms in total. The van der Waals surface area contributed by atoms with E-state index in [9.17, 15) is 4.79 Å². The van der Waals surface area contributed by atoms with Crippen LogP contribution in [0.5, 0.6) is 5.88 Å². The summed E-state index contributed by atoms with van der Waals surface area (Å²) in [5.41, 5.74) is 0.789. The zero-order chi connectivity index (χ0) is 18.0. The van der Waals surface area contributed by atoms with Crippen LogP contribution in [0.1, 0.15) is 35.5 Å². The number of pyridine rings is 1. The first kappa shape index (κ1) is 17.0. The van der Waals surface area contributed by atoms with Crippen molar-refractivity contribution in [1.29, 1.82) is 0 Å². The molecule has 2 fully saturated rings. The van der Waals surface area contributed by atoms with E-state index in [-0.39, 0.29) is 17.4 Å². The van der Waals surface area contributed by atoms with Gasteiger partial charge in [0.2, 0.25) is 11.6 Å². The van der Waals surface area contributed by atoms with E-state index in [4.69, 9.17) is 13.9 Å². The minimum Gasteiger partial charge on any atom is -0.475 e. The molecule has 2 saturated heterocycles. The van der Waals surface area contributed by atoms with Crippen molar-refractivity contribution >= 4 is 5.91 Å². The lowest BCUT2D eigenvalue weighted by Crippen LogP contribution is -2.43. The number of oxazole rings is 1. The first-order valence-corrected chi connectivity index (χ1v) is 9.00. The number of aryl methyl sites for hydroxylation is 1. The smallest absolute Gasteiger partial charge is 0.291 e. The molecule has 0 unspecified atom stereocenters. The highest BCUT2D eigenvalue weighted by atomic mass is 16.5. The van der Waals surface area contributed by atoms with Crippen molar-refractivity contribution in [1.82, 2.24) is 14.9 Å². The average Bonchev–Trinajstić information content (AvgIpc) is 3.27. The average molecular weight is 357 g/mol. The van der Waals surface area contributed by atoms with Crippen LogP contribution >= 0.6 is 0 Å². The van der Waals surface area contributed by atoms with Gasteiger partial charge in [-0.25, -0.2) is 9.97 Å². The summed E-state index contributed by atoms with van der Waals surface area (Å²) in [6.07, 6.45) is 5.96. The van der Waals surface area contributed by atoms with Crippen LogP contribution in [0.25, 0.3) is 0 Å². The minimum atomic E-state index is -0.0659. The topological polar surface area (TPSA) is 77.7 Å². The Kier molecular flexibility index (Phi) is 4.63. The quantitative estimate of drug-likeness (QED) is 0.836. The van der Waals surface area contributed by atoms with Crippen molar-refractivity contribution in [3.05, 3.63) is 42.2 Å². The number of likely N-dealkylation sites (tertiary alicyclic amines) is 1. The van der Waals surface area contributed by atoms with Crippen LogP contribution in [0.2, 0.25) is 0 Å². The van der Waals surface area contributed by atoms with E-state index in [0.29, 0.717) is 23.9 Å². The van der Waals surface area contributed by atoms with Gasteiger partial charge in [-0.05, 0) is 37.7 Å². The van der Waals surface area contributed by atoms with Gasteiger partial charge in [-0.1, -0.05) is 6.07 Å². The molecule has 2 aromatic heterocycles. The van der Waals surface area contributed by atoms with E-state index in [1.54, 1.807) is 13.1 Å². The predicted octanol–water partition coefficient (Wildman–Crippen LogP) is 2.47. The number of hydrogen-bond acceptors (Lipinski definition) is 6. The number of ether oxygens (including phenoxy) is 2. The molecular formula is C19H23N3O4. The SMILES string of the molecule is Cc1ncoc1C(=O)N1CCC2(CC1)CO[C@@H](COc1ccccn1)C2. The van der Waals surface area contributed by atoms with Crippen molar-refractivity contribution in [3.8, 4) is 5.88 Å². The van der Waals surface area contributed by atoms with Crippen LogP contribution in [0.4, 0.5) is 0 Å². The molecule has 1 atom stereocenters. The first-order chi connectivity index (χ1) is 12.7. The number of carbonyl (C=O) groups is 1. The van der Waals surface area contributed by atoms with E-state index in [0.717, 1.165) is 39.0 Å². The molecular weight excluding hydrogens is 334 g/mol. The molecule has 0 bridgehead atoms. The van der Waals surface area contributed by atoms with Gasteiger partial charge in [0.1, 0.15) is 6.61 Å². The molecule has 0 saturated carbocycles. The van der Waals surface area contributed by atoms with E-state index in [1.807, 2.05) is 23.1 Å². The van der Waals surface area contributed by atoms with Crippen LogP contribution in [0.3, 0.4) is 0 Å². The minimum absolute atomic E-state index is 0.0659. The maximum Gasteiger partial charge on any atom is 0.291 e. The second kappa shape index (κ2) is 7.07. The fourth-order valence-corrected chi connectivity index (χ4v) is 3.80. The number of nitrogens with zero attached hydrogens (tertiary/aromatic N) is 3. The summed E-state index contributed by atoms with van der Waals surface area (Å²) in [6.45, 7) is 4.47. The van der Waals surface area contributed by atoms with Crippen LogP contribution in [-0.2, 0) is 4.74 Å². The zero-order valence-electron chi connectivity index (χ0n) is 14.9. The van der Waals surface area contributed by atoms with Gasteiger partial charge in [-0.2, -0.15) is 0 Å². The highest BCUT2D eigenvalue weighted by molar-refractivity contribution is 5.92. The summed E-state index contributed by atoms with van der Waals surface area (Å²) in [5, 5.41) is 0. The number of piperidine rings is 1. The van der Waals surface area contributed by atoms with Crippen molar-refractivity contribution in [2.75, 3.05) is 26.3 Å². The number of aromatic nitrogens is 2. The number of hydrogen-bond donors (Lipinski definition) is 0. The van der Waals surface area contributed by atoms with Crippen LogP contribution in [0, 0.1) is 12.3 Å². The van der Waals surface area contributed by atoms with Crippen LogP contribution in [-0.4, -0.2) is 53.2 Å².